The molecule has 2 aliphatic heterocycles. The van der Waals surface area contributed by atoms with Crippen LogP contribution in [0.5, 0.6) is 0 Å². The van der Waals surface area contributed by atoms with Crippen molar-refractivity contribution in [2.24, 2.45) is 4.99 Å². The minimum absolute atomic E-state index is 0.226. The van der Waals surface area contributed by atoms with Gasteiger partial charge in [-0.05, 0) is 29.8 Å². The van der Waals surface area contributed by atoms with Crippen LogP contribution in [0.4, 0.5) is 10.2 Å². The Morgan fingerprint density at radius 2 is 1.95 bits per heavy atom. The van der Waals surface area contributed by atoms with E-state index in [2.05, 4.69) is 14.9 Å². The van der Waals surface area contributed by atoms with Crippen LogP contribution in [0.15, 0.2) is 41.5 Å². The zero-order chi connectivity index (χ0) is 14.9. The van der Waals surface area contributed by atoms with Crippen molar-refractivity contribution in [1.82, 2.24) is 4.98 Å². The summed E-state index contributed by atoms with van der Waals surface area (Å²) < 4.78 is 18.9. The van der Waals surface area contributed by atoms with Gasteiger partial charge in [-0.2, -0.15) is 0 Å². The number of pyridine rings is 1. The van der Waals surface area contributed by atoms with Crippen LogP contribution in [-0.2, 0) is 11.3 Å². The van der Waals surface area contributed by atoms with Crippen LogP contribution < -0.4 is 4.90 Å². The molecular formula is C17H16FN3O. The number of aromatic nitrogens is 1. The molecule has 3 heterocycles. The van der Waals surface area contributed by atoms with E-state index in [1.54, 1.807) is 12.3 Å². The van der Waals surface area contributed by atoms with Gasteiger partial charge in [-0.3, -0.25) is 4.99 Å². The van der Waals surface area contributed by atoms with Gasteiger partial charge in [0.25, 0.3) is 0 Å². The molecule has 0 radical (unpaired) electrons. The second-order valence-corrected chi connectivity index (χ2v) is 5.47. The predicted octanol–water partition coefficient (Wildman–Crippen LogP) is 2.41. The highest BCUT2D eigenvalue weighted by atomic mass is 19.1. The molecule has 112 valence electrons. The molecule has 0 saturated carbocycles. The maximum Gasteiger partial charge on any atom is 0.129 e. The van der Waals surface area contributed by atoms with Crippen molar-refractivity contribution in [3.63, 3.8) is 0 Å². The molecule has 0 spiro atoms. The molecule has 1 aromatic heterocycles. The smallest absolute Gasteiger partial charge is 0.129 e. The summed E-state index contributed by atoms with van der Waals surface area (Å²) >= 11 is 0. The quantitative estimate of drug-likeness (QED) is 0.854. The molecule has 0 aliphatic carbocycles. The number of nitrogens with zero attached hydrogens (tertiary/aromatic N) is 3. The largest absolute Gasteiger partial charge is 0.378 e. The maximum atomic E-state index is 13.5. The van der Waals surface area contributed by atoms with E-state index in [1.165, 1.54) is 6.07 Å². The summed E-state index contributed by atoms with van der Waals surface area (Å²) in [6.07, 6.45) is 1.79. The fourth-order valence-corrected chi connectivity index (χ4v) is 2.93. The zero-order valence-corrected chi connectivity index (χ0v) is 12.1. The number of ether oxygens (including phenoxy) is 1. The van der Waals surface area contributed by atoms with Gasteiger partial charge in [-0.25, -0.2) is 9.37 Å². The van der Waals surface area contributed by atoms with Crippen LogP contribution in [-0.4, -0.2) is 37.0 Å². The fourth-order valence-electron chi connectivity index (χ4n) is 2.93. The highest BCUT2D eigenvalue weighted by Crippen LogP contribution is 2.25. The molecule has 0 amide bonds. The first-order valence-corrected chi connectivity index (χ1v) is 7.43. The zero-order valence-electron chi connectivity index (χ0n) is 12.1. The Balaban J connectivity index is 1.68. The molecular weight excluding hydrogens is 281 g/mol. The standard InChI is InChI=1S/C17H16FN3O/c18-14-2-1-13-11-20-17(15(13)10-14)12-3-4-19-16(9-12)21-5-7-22-8-6-21/h1-4,9-10H,5-8,11H2. The van der Waals surface area contributed by atoms with Crippen LogP contribution in [0.1, 0.15) is 16.7 Å². The van der Waals surface area contributed by atoms with Gasteiger partial charge in [-0.15, -0.1) is 0 Å². The first-order chi connectivity index (χ1) is 10.8. The van der Waals surface area contributed by atoms with Gasteiger partial charge in [0.15, 0.2) is 0 Å². The molecule has 2 aromatic rings. The van der Waals surface area contributed by atoms with Crippen molar-refractivity contribution in [2.75, 3.05) is 31.2 Å². The minimum atomic E-state index is -0.226. The lowest BCUT2D eigenvalue weighted by atomic mass is 10.0. The third-order valence-corrected chi connectivity index (χ3v) is 4.09. The Morgan fingerprint density at radius 1 is 1.09 bits per heavy atom. The number of hydrogen-bond acceptors (Lipinski definition) is 4. The number of morpholine rings is 1. The van der Waals surface area contributed by atoms with Crippen molar-refractivity contribution < 1.29 is 9.13 Å². The van der Waals surface area contributed by atoms with Gasteiger partial charge in [0.2, 0.25) is 0 Å². The number of benzene rings is 1. The molecule has 1 saturated heterocycles. The van der Waals surface area contributed by atoms with Gasteiger partial charge in [0.05, 0.1) is 25.5 Å². The van der Waals surface area contributed by atoms with E-state index >= 15 is 0 Å². The van der Waals surface area contributed by atoms with Crippen LogP contribution in [0, 0.1) is 5.82 Å². The van der Waals surface area contributed by atoms with Crippen molar-refractivity contribution >= 4 is 11.5 Å². The molecule has 0 unspecified atom stereocenters. The number of aliphatic imine (C=N–C) groups is 1. The lowest BCUT2D eigenvalue weighted by Crippen LogP contribution is -2.36. The summed E-state index contributed by atoms with van der Waals surface area (Å²) in [6.45, 7) is 3.74. The summed E-state index contributed by atoms with van der Waals surface area (Å²) in [4.78, 5) is 11.2. The Hall–Kier alpha value is -2.27. The molecule has 22 heavy (non-hydrogen) atoms. The van der Waals surface area contributed by atoms with E-state index < -0.39 is 0 Å². The minimum Gasteiger partial charge on any atom is -0.378 e. The van der Waals surface area contributed by atoms with E-state index in [0.29, 0.717) is 6.54 Å². The Kier molecular flexibility index (Phi) is 3.35. The molecule has 0 bridgehead atoms. The summed E-state index contributed by atoms with van der Waals surface area (Å²) in [6, 6.07) is 8.83. The van der Waals surface area contributed by atoms with E-state index in [9.17, 15) is 4.39 Å². The fraction of sp³-hybridized carbons (Fsp3) is 0.294. The molecule has 4 rings (SSSR count). The number of hydrogen-bond donors (Lipinski definition) is 0. The molecule has 1 aromatic carbocycles. The number of rotatable bonds is 2. The van der Waals surface area contributed by atoms with Gasteiger partial charge < -0.3 is 9.64 Å². The molecule has 5 heteroatoms. The lowest BCUT2D eigenvalue weighted by molar-refractivity contribution is 0.122. The third kappa shape index (κ3) is 2.37. The Bertz CT molecular complexity index is 738. The maximum absolute atomic E-state index is 13.5. The Labute approximate surface area is 128 Å². The molecule has 1 fully saturated rings. The normalized spacial score (nSPS) is 17.3. The second-order valence-electron chi connectivity index (χ2n) is 5.47. The summed E-state index contributed by atoms with van der Waals surface area (Å²) in [5, 5.41) is 0. The molecule has 4 nitrogen and oxygen atoms in total. The monoisotopic (exact) mass is 297 g/mol. The summed E-state index contributed by atoms with van der Waals surface area (Å²) in [5.74, 6) is 0.698. The van der Waals surface area contributed by atoms with Crippen LogP contribution in [0.3, 0.4) is 0 Å². The first-order valence-electron chi connectivity index (χ1n) is 7.43. The number of fused-ring (bicyclic) bond motifs is 1. The third-order valence-electron chi connectivity index (χ3n) is 4.09. The van der Waals surface area contributed by atoms with Gasteiger partial charge in [-0.1, -0.05) is 6.07 Å². The van der Waals surface area contributed by atoms with Gasteiger partial charge in [0.1, 0.15) is 11.6 Å². The van der Waals surface area contributed by atoms with Crippen molar-refractivity contribution in [3.8, 4) is 0 Å². The summed E-state index contributed by atoms with van der Waals surface area (Å²) in [5.41, 5.74) is 3.80. The van der Waals surface area contributed by atoms with Crippen molar-refractivity contribution in [2.45, 2.75) is 6.54 Å². The van der Waals surface area contributed by atoms with E-state index in [1.807, 2.05) is 18.2 Å². The second kappa shape index (κ2) is 5.50. The van der Waals surface area contributed by atoms with Gasteiger partial charge in [0, 0.05) is 30.4 Å². The lowest BCUT2D eigenvalue weighted by Gasteiger charge is -2.28. The van der Waals surface area contributed by atoms with Crippen LogP contribution >= 0.6 is 0 Å². The van der Waals surface area contributed by atoms with E-state index in [4.69, 9.17) is 4.74 Å². The van der Waals surface area contributed by atoms with E-state index in [-0.39, 0.29) is 5.82 Å². The van der Waals surface area contributed by atoms with E-state index in [0.717, 1.165) is 54.5 Å². The molecule has 2 aliphatic rings. The average Bonchev–Trinajstić information content (AvgIpc) is 2.99. The van der Waals surface area contributed by atoms with Crippen LogP contribution in [0.2, 0.25) is 0 Å². The predicted molar refractivity (Wildman–Crippen MR) is 83.0 cm³/mol. The topological polar surface area (TPSA) is 37.7 Å². The number of halogens is 1. The van der Waals surface area contributed by atoms with Crippen molar-refractivity contribution in [1.29, 1.82) is 0 Å². The highest BCUT2D eigenvalue weighted by molar-refractivity contribution is 6.15. The first kappa shape index (κ1) is 13.4. The number of anilines is 1. The summed E-state index contributed by atoms with van der Waals surface area (Å²) in [7, 11) is 0. The SMILES string of the molecule is Fc1ccc2c(c1)C(c1ccnc(N3CCOCC3)c1)=NC2. The Morgan fingerprint density at radius 3 is 2.82 bits per heavy atom. The van der Waals surface area contributed by atoms with Gasteiger partial charge >= 0.3 is 0 Å². The highest BCUT2D eigenvalue weighted by Gasteiger charge is 2.20. The average molecular weight is 297 g/mol. The van der Waals surface area contributed by atoms with Crippen LogP contribution in [0.25, 0.3) is 0 Å². The molecule has 0 atom stereocenters. The molecule has 0 N–H and O–H groups in total. The van der Waals surface area contributed by atoms with Crippen molar-refractivity contribution in [3.05, 3.63) is 59.0 Å².